The van der Waals surface area contributed by atoms with Gasteiger partial charge in [-0.1, -0.05) is 35.9 Å². The zero-order valence-corrected chi connectivity index (χ0v) is 16.3. The van der Waals surface area contributed by atoms with E-state index in [4.69, 9.17) is 4.98 Å². The van der Waals surface area contributed by atoms with Crippen LogP contribution in [-0.4, -0.2) is 4.98 Å². The summed E-state index contributed by atoms with van der Waals surface area (Å²) in [5, 5.41) is 13.3. The van der Waals surface area contributed by atoms with E-state index < -0.39 is 0 Å². The van der Waals surface area contributed by atoms with E-state index in [0.29, 0.717) is 0 Å². The molecule has 0 bridgehead atoms. The lowest BCUT2D eigenvalue weighted by Gasteiger charge is -2.17. The predicted octanol–water partition coefficient (Wildman–Crippen LogP) is 6.12. The highest BCUT2D eigenvalue weighted by Crippen LogP contribution is 2.28. The first-order chi connectivity index (χ1) is 12.3. The van der Waals surface area contributed by atoms with Crippen molar-refractivity contribution >= 4 is 34.0 Å². The molecule has 2 nitrogen and oxygen atoms in total. The molecule has 0 aliphatic rings. The average molecular weight is 383 g/mol. The molecule has 0 saturated carbocycles. The maximum atomic E-state index is 4.78. The molecule has 1 aromatic carbocycles. The summed E-state index contributed by atoms with van der Waals surface area (Å²) >= 11 is 5.21. The highest BCUT2D eigenvalue weighted by molar-refractivity contribution is 7.14. The molecule has 0 aliphatic carbocycles. The standard InChI is InChI=1S/C20H18N2S3/c1-14-4-6-15(7-5-14)19(18-3-2-9-24-18)21-11-17-13-25-20(22-17)16-8-10-23-12-16/h2-10,12-13,19,21H,11H2,1H3/t19-/m0/s1. The molecule has 3 heterocycles. The molecule has 25 heavy (non-hydrogen) atoms. The maximum Gasteiger partial charge on any atom is 0.124 e. The first-order valence-corrected chi connectivity index (χ1v) is 10.8. The van der Waals surface area contributed by atoms with Crippen molar-refractivity contribution < 1.29 is 0 Å². The number of aryl methyl sites for hydroxylation is 1. The summed E-state index contributed by atoms with van der Waals surface area (Å²) < 4.78 is 0. The Kier molecular flexibility index (Phi) is 5.08. The van der Waals surface area contributed by atoms with Gasteiger partial charge < -0.3 is 0 Å². The van der Waals surface area contributed by atoms with Crippen molar-refractivity contribution in [2.75, 3.05) is 0 Å². The van der Waals surface area contributed by atoms with E-state index in [1.165, 1.54) is 21.6 Å². The van der Waals surface area contributed by atoms with Gasteiger partial charge in [-0.2, -0.15) is 11.3 Å². The Bertz CT molecular complexity index is 906. The molecule has 0 radical (unpaired) electrons. The molecule has 1 atom stereocenters. The molecule has 0 unspecified atom stereocenters. The van der Waals surface area contributed by atoms with Crippen molar-refractivity contribution in [3.8, 4) is 10.6 Å². The second kappa shape index (κ2) is 7.62. The number of benzene rings is 1. The maximum absolute atomic E-state index is 4.78. The molecule has 5 heteroatoms. The molecule has 4 aromatic rings. The van der Waals surface area contributed by atoms with E-state index in [2.05, 4.69) is 76.2 Å². The van der Waals surface area contributed by atoms with E-state index in [-0.39, 0.29) is 6.04 Å². The third kappa shape index (κ3) is 3.90. The molecule has 0 aliphatic heterocycles. The van der Waals surface area contributed by atoms with Gasteiger partial charge in [-0.25, -0.2) is 4.98 Å². The highest BCUT2D eigenvalue weighted by atomic mass is 32.1. The Morgan fingerprint density at radius 3 is 2.60 bits per heavy atom. The SMILES string of the molecule is Cc1ccc([C@H](NCc2csc(-c3ccsc3)n2)c2cccs2)cc1. The van der Waals surface area contributed by atoms with Gasteiger partial charge in [0, 0.05) is 27.7 Å². The zero-order chi connectivity index (χ0) is 17.1. The van der Waals surface area contributed by atoms with Crippen LogP contribution < -0.4 is 5.32 Å². The Labute approximate surface area is 159 Å². The molecule has 3 aromatic heterocycles. The monoisotopic (exact) mass is 382 g/mol. The fraction of sp³-hybridized carbons (Fsp3) is 0.150. The fourth-order valence-corrected chi connectivity index (χ4v) is 5.07. The lowest BCUT2D eigenvalue weighted by Crippen LogP contribution is -2.21. The second-order valence-electron chi connectivity index (χ2n) is 5.90. The summed E-state index contributed by atoms with van der Waals surface area (Å²) in [6.45, 7) is 2.88. The van der Waals surface area contributed by atoms with Crippen LogP contribution in [0.25, 0.3) is 10.6 Å². The minimum Gasteiger partial charge on any atom is -0.300 e. The molecule has 4 rings (SSSR count). The molecule has 0 saturated heterocycles. The van der Waals surface area contributed by atoms with E-state index in [0.717, 1.165) is 17.2 Å². The fourth-order valence-electron chi connectivity index (χ4n) is 2.71. The van der Waals surface area contributed by atoms with E-state index >= 15 is 0 Å². The van der Waals surface area contributed by atoms with Crippen molar-refractivity contribution in [1.82, 2.24) is 10.3 Å². The summed E-state index contributed by atoms with van der Waals surface area (Å²) in [7, 11) is 0. The Balaban J connectivity index is 1.52. The van der Waals surface area contributed by atoms with Gasteiger partial charge >= 0.3 is 0 Å². The van der Waals surface area contributed by atoms with Crippen LogP contribution in [-0.2, 0) is 6.54 Å². The number of hydrogen-bond donors (Lipinski definition) is 1. The van der Waals surface area contributed by atoms with Gasteiger partial charge in [-0.05, 0) is 35.4 Å². The number of nitrogens with one attached hydrogen (secondary N) is 1. The molecule has 0 fully saturated rings. The van der Waals surface area contributed by atoms with Crippen LogP contribution in [0.4, 0.5) is 0 Å². The van der Waals surface area contributed by atoms with Gasteiger partial charge in [0.1, 0.15) is 5.01 Å². The topological polar surface area (TPSA) is 24.9 Å². The van der Waals surface area contributed by atoms with Gasteiger partial charge in [0.25, 0.3) is 0 Å². The van der Waals surface area contributed by atoms with Crippen molar-refractivity contribution in [3.63, 3.8) is 0 Å². The smallest absolute Gasteiger partial charge is 0.124 e. The first kappa shape index (κ1) is 16.7. The summed E-state index contributed by atoms with van der Waals surface area (Å²) in [5.74, 6) is 0. The molecular formula is C20H18N2S3. The largest absolute Gasteiger partial charge is 0.300 e. The molecule has 0 spiro atoms. The summed E-state index contributed by atoms with van der Waals surface area (Å²) in [5.41, 5.74) is 4.89. The Morgan fingerprint density at radius 1 is 1.00 bits per heavy atom. The predicted molar refractivity (Wildman–Crippen MR) is 110 cm³/mol. The van der Waals surface area contributed by atoms with E-state index in [1.807, 2.05) is 0 Å². The molecule has 0 amide bonds. The average Bonchev–Trinajstić information content (AvgIpc) is 3.39. The van der Waals surface area contributed by atoms with E-state index in [1.54, 1.807) is 34.0 Å². The lowest BCUT2D eigenvalue weighted by atomic mass is 10.0. The Hall–Kier alpha value is -1.79. The number of thiophene rings is 2. The van der Waals surface area contributed by atoms with Crippen molar-refractivity contribution in [2.24, 2.45) is 0 Å². The number of aromatic nitrogens is 1. The van der Waals surface area contributed by atoms with Gasteiger partial charge in [0.05, 0.1) is 11.7 Å². The zero-order valence-electron chi connectivity index (χ0n) is 13.8. The lowest BCUT2D eigenvalue weighted by molar-refractivity contribution is 0.606. The normalized spacial score (nSPS) is 12.4. The van der Waals surface area contributed by atoms with Crippen LogP contribution >= 0.6 is 34.0 Å². The van der Waals surface area contributed by atoms with Crippen LogP contribution in [0.1, 0.15) is 27.7 Å². The number of rotatable bonds is 6. The minimum atomic E-state index is 0.201. The second-order valence-corrected chi connectivity index (χ2v) is 8.51. The molecule has 1 N–H and O–H groups in total. The highest BCUT2D eigenvalue weighted by Gasteiger charge is 2.15. The number of thiazole rings is 1. The summed E-state index contributed by atoms with van der Waals surface area (Å²) in [6, 6.07) is 15.4. The number of hydrogen-bond acceptors (Lipinski definition) is 5. The van der Waals surface area contributed by atoms with Crippen LogP contribution in [0.15, 0.2) is 64.0 Å². The first-order valence-electron chi connectivity index (χ1n) is 8.10. The van der Waals surface area contributed by atoms with E-state index in [9.17, 15) is 0 Å². The Morgan fingerprint density at radius 2 is 1.88 bits per heavy atom. The van der Waals surface area contributed by atoms with Gasteiger partial charge in [-0.3, -0.25) is 5.32 Å². The van der Waals surface area contributed by atoms with Gasteiger partial charge in [0.15, 0.2) is 0 Å². The third-order valence-electron chi connectivity index (χ3n) is 4.05. The summed E-state index contributed by atoms with van der Waals surface area (Å²) in [6.07, 6.45) is 0. The van der Waals surface area contributed by atoms with Crippen LogP contribution in [0.3, 0.4) is 0 Å². The summed E-state index contributed by atoms with van der Waals surface area (Å²) in [4.78, 5) is 6.11. The van der Waals surface area contributed by atoms with Gasteiger partial charge in [-0.15, -0.1) is 22.7 Å². The molecular weight excluding hydrogens is 364 g/mol. The third-order valence-corrected chi connectivity index (χ3v) is 6.61. The van der Waals surface area contributed by atoms with Gasteiger partial charge in [0.2, 0.25) is 0 Å². The van der Waals surface area contributed by atoms with Crippen LogP contribution in [0.2, 0.25) is 0 Å². The number of nitrogens with zero attached hydrogens (tertiary/aromatic N) is 1. The minimum absolute atomic E-state index is 0.201. The van der Waals surface area contributed by atoms with Crippen molar-refractivity contribution in [2.45, 2.75) is 19.5 Å². The quantitative estimate of drug-likeness (QED) is 0.434. The van der Waals surface area contributed by atoms with Crippen molar-refractivity contribution in [1.29, 1.82) is 0 Å². The van der Waals surface area contributed by atoms with Crippen LogP contribution in [0.5, 0.6) is 0 Å². The van der Waals surface area contributed by atoms with Crippen LogP contribution in [0, 0.1) is 6.92 Å². The molecule has 126 valence electrons. The van der Waals surface area contributed by atoms with Crippen molar-refractivity contribution in [3.05, 3.63) is 85.7 Å².